The number of nitrogens with one attached hydrogen (secondary N) is 2. The molecule has 38 heavy (non-hydrogen) atoms. The van der Waals surface area contributed by atoms with Crippen molar-refractivity contribution in [3.63, 3.8) is 0 Å². The molecule has 1 aromatic heterocycles. The van der Waals surface area contributed by atoms with Crippen LogP contribution in [0, 0.1) is 0 Å². The number of fused-ring (bicyclic) bond motifs is 1. The van der Waals surface area contributed by atoms with Crippen LogP contribution in [0.25, 0.3) is 10.9 Å². The maximum atomic E-state index is 12.8. The monoisotopic (exact) mass is 514 g/mol. The molecule has 5 rings (SSSR count). The number of carbonyl (C=O) groups is 1. The van der Waals surface area contributed by atoms with Crippen LogP contribution in [0.4, 0.5) is 5.69 Å². The van der Waals surface area contributed by atoms with E-state index >= 15 is 0 Å². The molecule has 1 aliphatic carbocycles. The van der Waals surface area contributed by atoms with Crippen molar-refractivity contribution in [2.75, 3.05) is 26.6 Å². The maximum absolute atomic E-state index is 12.8. The van der Waals surface area contributed by atoms with E-state index in [9.17, 15) is 4.79 Å². The van der Waals surface area contributed by atoms with Crippen LogP contribution < -0.4 is 29.6 Å². The molecule has 0 aliphatic heterocycles. The summed E-state index contributed by atoms with van der Waals surface area (Å²) in [6.07, 6.45) is 4.10. The summed E-state index contributed by atoms with van der Waals surface area (Å²) in [6.45, 7) is 0.744. The van der Waals surface area contributed by atoms with Gasteiger partial charge in [0.2, 0.25) is 11.8 Å². The largest absolute Gasteiger partial charge is 0.497 e. The number of methoxy groups -OCH3 is 3. The van der Waals surface area contributed by atoms with Crippen LogP contribution in [0.3, 0.4) is 0 Å². The molecule has 0 saturated heterocycles. The van der Waals surface area contributed by atoms with E-state index < -0.39 is 0 Å². The molecule has 0 radical (unpaired) electrons. The summed E-state index contributed by atoms with van der Waals surface area (Å²) in [6, 6.07) is 17.3. The van der Waals surface area contributed by atoms with Gasteiger partial charge in [-0.05, 0) is 54.3 Å². The minimum absolute atomic E-state index is 0.115. The predicted molar refractivity (Wildman–Crippen MR) is 144 cm³/mol. The Morgan fingerprint density at radius 1 is 0.868 bits per heavy atom. The van der Waals surface area contributed by atoms with Gasteiger partial charge in [0.1, 0.15) is 17.8 Å². The van der Waals surface area contributed by atoms with Gasteiger partial charge in [-0.1, -0.05) is 12.1 Å². The molecule has 1 heterocycles. The first-order chi connectivity index (χ1) is 18.5. The highest BCUT2D eigenvalue weighted by Gasteiger charge is 2.20. The highest BCUT2D eigenvalue weighted by atomic mass is 16.5. The summed E-state index contributed by atoms with van der Waals surface area (Å²) >= 11 is 0. The molecule has 1 amide bonds. The molecule has 1 saturated carbocycles. The van der Waals surface area contributed by atoms with Gasteiger partial charge >= 0.3 is 0 Å². The molecule has 2 N–H and O–H groups in total. The molecule has 4 aromatic rings. The van der Waals surface area contributed by atoms with Crippen LogP contribution in [0.1, 0.15) is 24.0 Å². The van der Waals surface area contributed by atoms with Crippen molar-refractivity contribution in [2.24, 2.45) is 0 Å². The third kappa shape index (κ3) is 6.12. The Labute approximate surface area is 221 Å². The molecule has 0 unspecified atom stereocenters. The van der Waals surface area contributed by atoms with Crippen molar-refractivity contribution in [2.45, 2.75) is 31.8 Å². The third-order valence-corrected chi connectivity index (χ3v) is 6.26. The second kappa shape index (κ2) is 11.4. The van der Waals surface area contributed by atoms with Gasteiger partial charge in [0.05, 0.1) is 38.7 Å². The van der Waals surface area contributed by atoms with Crippen molar-refractivity contribution >= 4 is 22.5 Å². The first-order valence-electron chi connectivity index (χ1n) is 12.4. The number of hydrogen-bond donors (Lipinski definition) is 2. The average molecular weight is 515 g/mol. The number of benzene rings is 3. The number of carbonyl (C=O) groups excluding carboxylic acids is 1. The maximum Gasteiger partial charge on any atom is 0.230 e. The first-order valence-corrected chi connectivity index (χ1v) is 12.4. The molecule has 3 aromatic carbocycles. The minimum atomic E-state index is -0.115. The van der Waals surface area contributed by atoms with Crippen LogP contribution in [0.5, 0.6) is 28.9 Å². The smallest absolute Gasteiger partial charge is 0.230 e. The first kappa shape index (κ1) is 25.3. The summed E-state index contributed by atoms with van der Waals surface area (Å²) in [7, 11) is 4.77. The van der Waals surface area contributed by atoms with Crippen molar-refractivity contribution in [1.29, 1.82) is 0 Å². The Bertz CT molecular complexity index is 1440. The quantitative estimate of drug-likeness (QED) is 0.292. The Morgan fingerprint density at radius 2 is 1.63 bits per heavy atom. The number of aromatic nitrogens is 2. The van der Waals surface area contributed by atoms with Crippen LogP contribution in [-0.4, -0.2) is 43.2 Å². The van der Waals surface area contributed by atoms with Gasteiger partial charge in [0.15, 0.2) is 11.5 Å². The van der Waals surface area contributed by atoms with Gasteiger partial charge < -0.3 is 29.6 Å². The van der Waals surface area contributed by atoms with Crippen molar-refractivity contribution in [1.82, 2.24) is 15.3 Å². The van der Waals surface area contributed by atoms with Gasteiger partial charge in [-0.2, -0.15) is 0 Å². The lowest BCUT2D eigenvalue weighted by Crippen LogP contribution is -2.17. The predicted octanol–water partition coefficient (Wildman–Crippen LogP) is 4.88. The molecule has 0 bridgehead atoms. The van der Waals surface area contributed by atoms with E-state index in [1.807, 2.05) is 42.5 Å². The van der Waals surface area contributed by atoms with Crippen LogP contribution in [-0.2, 0) is 17.8 Å². The highest BCUT2D eigenvalue weighted by molar-refractivity contribution is 5.92. The Hall–Kier alpha value is -4.37. The molecule has 9 heteroatoms. The zero-order valence-electron chi connectivity index (χ0n) is 21.6. The number of nitrogens with zero attached hydrogens (tertiary/aromatic N) is 2. The molecule has 1 fully saturated rings. The fourth-order valence-electron chi connectivity index (χ4n) is 4.12. The van der Waals surface area contributed by atoms with Gasteiger partial charge in [-0.3, -0.25) is 4.79 Å². The van der Waals surface area contributed by atoms with E-state index in [0.29, 0.717) is 51.5 Å². The normalized spacial score (nSPS) is 12.7. The second-order valence-electron chi connectivity index (χ2n) is 9.10. The van der Waals surface area contributed by atoms with E-state index in [4.69, 9.17) is 18.9 Å². The summed E-state index contributed by atoms with van der Waals surface area (Å²) in [4.78, 5) is 21.4. The van der Waals surface area contributed by atoms with Crippen molar-refractivity contribution < 1.29 is 23.7 Å². The fraction of sp³-hybridized carbons (Fsp3) is 0.276. The zero-order valence-corrected chi connectivity index (χ0v) is 21.6. The standard InChI is InChI=1S/C29H30N4O5/c1-35-23-11-19(16-30-20-6-7-20)10-21(13-23)33-28(34)12-18-4-8-22(9-5-18)38-29-24-14-26(36-2)27(37-3)15-25(24)31-17-32-29/h4-5,8-11,13-15,17,20,30H,6-7,12,16H2,1-3H3,(H,33,34). The number of ether oxygens (including phenoxy) is 4. The summed E-state index contributed by atoms with van der Waals surface area (Å²) in [5.74, 6) is 2.72. The van der Waals surface area contributed by atoms with E-state index in [1.165, 1.54) is 19.2 Å². The number of amides is 1. The van der Waals surface area contributed by atoms with Gasteiger partial charge in [0.25, 0.3) is 0 Å². The summed E-state index contributed by atoms with van der Waals surface area (Å²) < 4.78 is 22.2. The topological polar surface area (TPSA) is 104 Å². The Morgan fingerprint density at radius 3 is 2.34 bits per heavy atom. The minimum Gasteiger partial charge on any atom is -0.497 e. The Kier molecular flexibility index (Phi) is 7.55. The van der Waals surface area contributed by atoms with Crippen LogP contribution in [0.2, 0.25) is 0 Å². The molecule has 1 aliphatic rings. The summed E-state index contributed by atoms with van der Waals surface area (Å²) in [5.41, 5.74) is 3.31. The highest BCUT2D eigenvalue weighted by Crippen LogP contribution is 2.35. The molecular formula is C29H30N4O5. The summed E-state index contributed by atoms with van der Waals surface area (Å²) in [5, 5.41) is 7.17. The fourth-order valence-corrected chi connectivity index (χ4v) is 4.12. The lowest BCUT2D eigenvalue weighted by atomic mass is 10.1. The average Bonchev–Trinajstić information content (AvgIpc) is 3.77. The molecular weight excluding hydrogens is 484 g/mol. The van der Waals surface area contributed by atoms with Crippen LogP contribution >= 0.6 is 0 Å². The molecule has 196 valence electrons. The van der Waals surface area contributed by atoms with Gasteiger partial charge in [0, 0.05) is 30.4 Å². The lowest BCUT2D eigenvalue weighted by Gasteiger charge is -2.12. The molecule has 0 spiro atoms. The van der Waals surface area contributed by atoms with E-state index in [-0.39, 0.29) is 12.3 Å². The SMILES string of the molecule is COc1cc(CNC2CC2)cc(NC(=O)Cc2ccc(Oc3ncnc4cc(OC)c(OC)cc34)cc2)c1. The molecule has 0 atom stereocenters. The van der Waals surface area contributed by atoms with E-state index in [1.54, 1.807) is 33.5 Å². The number of anilines is 1. The van der Waals surface area contributed by atoms with E-state index in [2.05, 4.69) is 20.6 Å². The Balaban J connectivity index is 1.24. The molecule has 9 nitrogen and oxygen atoms in total. The zero-order chi connectivity index (χ0) is 26.5. The van der Waals surface area contributed by atoms with Crippen molar-refractivity contribution in [3.05, 3.63) is 72.1 Å². The third-order valence-electron chi connectivity index (χ3n) is 6.26. The van der Waals surface area contributed by atoms with Gasteiger partial charge in [-0.25, -0.2) is 9.97 Å². The van der Waals surface area contributed by atoms with Crippen LogP contribution in [0.15, 0.2) is 60.9 Å². The second-order valence-corrected chi connectivity index (χ2v) is 9.10. The lowest BCUT2D eigenvalue weighted by molar-refractivity contribution is -0.115. The van der Waals surface area contributed by atoms with Gasteiger partial charge in [-0.15, -0.1) is 0 Å². The number of hydrogen-bond acceptors (Lipinski definition) is 8. The van der Waals surface area contributed by atoms with Crippen molar-refractivity contribution in [3.8, 4) is 28.9 Å². The number of rotatable bonds is 11. The van der Waals surface area contributed by atoms with E-state index in [0.717, 1.165) is 17.7 Å².